The Morgan fingerprint density at radius 1 is 1.21 bits per heavy atom. The largest absolute Gasteiger partial charge is 0.495 e. The SMILES string of the molecule is C=C(C)C(=C(C)C)c1nc(C2CC(OCC(O)CNC)=CC=C2C(F)(F)F)nc(NC2CCN(C(=O)OC)CC2)c1C. The van der Waals surface area contributed by atoms with Crippen LogP contribution in [0.2, 0.25) is 0 Å². The third kappa shape index (κ3) is 8.13. The van der Waals surface area contributed by atoms with E-state index in [-0.39, 0.29) is 37.5 Å². The Bertz CT molecular complexity index is 1250. The maximum absolute atomic E-state index is 14.3. The Kier molecular flexibility index (Phi) is 11.2. The molecule has 0 radical (unpaired) electrons. The maximum Gasteiger partial charge on any atom is 0.413 e. The van der Waals surface area contributed by atoms with Crippen LogP contribution in [0.25, 0.3) is 5.57 Å². The van der Waals surface area contributed by atoms with Gasteiger partial charge in [0.2, 0.25) is 0 Å². The molecule has 232 valence electrons. The minimum absolute atomic E-state index is 0.0126. The van der Waals surface area contributed by atoms with E-state index in [1.807, 2.05) is 27.7 Å². The summed E-state index contributed by atoms with van der Waals surface area (Å²) in [6.45, 7) is 12.8. The molecule has 1 aliphatic carbocycles. The molecule has 2 aliphatic rings. The number of methoxy groups -OCH3 is 1. The first-order valence-corrected chi connectivity index (χ1v) is 14.0. The van der Waals surface area contributed by atoms with Crippen molar-refractivity contribution in [2.24, 2.45) is 0 Å². The number of carbonyl (C=O) groups excluding carboxylic acids is 1. The van der Waals surface area contributed by atoms with Gasteiger partial charge in [0.25, 0.3) is 0 Å². The van der Waals surface area contributed by atoms with Gasteiger partial charge < -0.3 is 30.1 Å². The van der Waals surface area contributed by atoms with Crippen molar-refractivity contribution >= 4 is 17.5 Å². The molecule has 9 nitrogen and oxygen atoms in total. The minimum atomic E-state index is -4.62. The fourth-order valence-electron chi connectivity index (χ4n) is 5.27. The Hall–Kier alpha value is -3.38. The molecule has 0 spiro atoms. The zero-order valence-electron chi connectivity index (χ0n) is 25.2. The van der Waals surface area contributed by atoms with E-state index in [2.05, 4.69) is 22.2 Å². The number of anilines is 1. The van der Waals surface area contributed by atoms with Gasteiger partial charge in [-0.25, -0.2) is 14.8 Å². The van der Waals surface area contributed by atoms with Crippen molar-refractivity contribution in [3.63, 3.8) is 0 Å². The molecule has 0 bridgehead atoms. The van der Waals surface area contributed by atoms with E-state index >= 15 is 0 Å². The van der Waals surface area contributed by atoms with Crippen LogP contribution >= 0.6 is 0 Å². The number of aliphatic hydroxyl groups is 1. The van der Waals surface area contributed by atoms with Crippen LogP contribution in [-0.2, 0) is 9.47 Å². The van der Waals surface area contributed by atoms with Crippen LogP contribution < -0.4 is 10.6 Å². The quantitative estimate of drug-likeness (QED) is 0.316. The lowest BCUT2D eigenvalue weighted by Gasteiger charge is -2.32. The number of nitrogens with one attached hydrogen (secondary N) is 2. The van der Waals surface area contributed by atoms with E-state index in [9.17, 15) is 23.1 Å². The molecule has 42 heavy (non-hydrogen) atoms. The van der Waals surface area contributed by atoms with Crippen molar-refractivity contribution in [1.82, 2.24) is 20.2 Å². The number of aliphatic hydroxyl groups excluding tert-OH is 1. The number of hydrogen-bond acceptors (Lipinski definition) is 8. The van der Waals surface area contributed by atoms with Crippen LogP contribution in [-0.4, -0.2) is 84.8 Å². The van der Waals surface area contributed by atoms with Gasteiger partial charge in [-0.15, -0.1) is 0 Å². The number of likely N-dealkylation sites (tertiary alicyclic amines) is 1. The maximum atomic E-state index is 14.3. The van der Waals surface area contributed by atoms with Gasteiger partial charge in [0.15, 0.2) is 0 Å². The monoisotopic (exact) mass is 593 g/mol. The van der Waals surface area contributed by atoms with Crippen LogP contribution in [0.5, 0.6) is 0 Å². The summed E-state index contributed by atoms with van der Waals surface area (Å²) in [4.78, 5) is 23.0. The van der Waals surface area contributed by atoms with Crippen molar-refractivity contribution in [1.29, 1.82) is 0 Å². The average molecular weight is 594 g/mol. The summed E-state index contributed by atoms with van der Waals surface area (Å²) in [7, 11) is 3.02. The van der Waals surface area contributed by atoms with Crippen LogP contribution in [0.1, 0.15) is 63.0 Å². The number of rotatable bonds is 10. The summed E-state index contributed by atoms with van der Waals surface area (Å²) in [6.07, 6.45) is -2.40. The standard InChI is InChI=1S/C30H42F3N5O4/c1-17(2)25(18(3)4)26-19(5)27(35-20-10-12-38(13-11-20)29(40)41-7)37-28(36-26)23-14-22(42-16-21(39)15-34-6)8-9-24(23)30(31,32)33/h8-9,20-21,23,34,39H,1,10-16H2,2-7H3,(H,35,36,37). The van der Waals surface area contributed by atoms with Crippen LogP contribution in [0, 0.1) is 6.92 Å². The summed E-state index contributed by atoms with van der Waals surface area (Å²) >= 11 is 0. The van der Waals surface area contributed by atoms with Gasteiger partial charge in [0.1, 0.15) is 24.4 Å². The number of nitrogens with zero attached hydrogens (tertiary/aromatic N) is 3. The summed E-state index contributed by atoms with van der Waals surface area (Å²) < 4.78 is 53.4. The lowest BCUT2D eigenvalue weighted by Crippen LogP contribution is -2.42. The first-order valence-electron chi connectivity index (χ1n) is 14.0. The topological polar surface area (TPSA) is 109 Å². The number of likely N-dealkylation sites (N-methyl/N-ethyl adjacent to an activating group) is 1. The van der Waals surface area contributed by atoms with E-state index < -0.39 is 23.8 Å². The van der Waals surface area contributed by atoms with Crippen molar-refractivity contribution in [3.05, 3.63) is 58.3 Å². The molecule has 1 aromatic heterocycles. The summed E-state index contributed by atoms with van der Waals surface area (Å²) in [5, 5.41) is 16.3. The Labute approximate surface area is 245 Å². The number of aromatic nitrogens is 2. The summed E-state index contributed by atoms with van der Waals surface area (Å²) in [5.41, 5.74) is 2.86. The Morgan fingerprint density at radius 3 is 2.43 bits per heavy atom. The van der Waals surface area contributed by atoms with Crippen LogP contribution in [0.4, 0.5) is 23.8 Å². The third-order valence-corrected chi connectivity index (χ3v) is 7.36. The molecule has 1 aliphatic heterocycles. The average Bonchev–Trinajstić information content (AvgIpc) is 2.93. The highest BCUT2D eigenvalue weighted by Gasteiger charge is 2.42. The lowest BCUT2D eigenvalue weighted by molar-refractivity contribution is -0.0968. The number of hydrogen-bond donors (Lipinski definition) is 3. The van der Waals surface area contributed by atoms with Gasteiger partial charge in [-0.3, -0.25) is 0 Å². The molecule has 2 heterocycles. The predicted molar refractivity (Wildman–Crippen MR) is 156 cm³/mol. The second kappa shape index (κ2) is 14.2. The van der Waals surface area contributed by atoms with Gasteiger partial charge in [-0.1, -0.05) is 18.2 Å². The number of allylic oxidation sites excluding steroid dienone is 7. The molecule has 1 aromatic rings. The van der Waals surface area contributed by atoms with Gasteiger partial charge >= 0.3 is 12.3 Å². The third-order valence-electron chi connectivity index (χ3n) is 7.36. The van der Waals surface area contributed by atoms with E-state index in [1.54, 1.807) is 11.9 Å². The summed E-state index contributed by atoms with van der Waals surface area (Å²) in [6, 6.07) is -0.0587. The van der Waals surface area contributed by atoms with Crippen LogP contribution in [0.15, 0.2) is 41.2 Å². The number of carbonyl (C=O) groups is 1. The molecule has 0 aromatic carbocycles. The molecule has 3 rings (SSSR count). The van der Waals surface area contributed by atoms with E-state index in [0.717, 1.165) is 22.8 Å². The predicted octanol–water partition coefficient (Wildman–Crippen LogP) is 5.25. The molecular weight excluding hydrogens is 551 g/mol. The zero-order valence-corrected chi connectivity index (χ0v) is 25.2. The second-order valence-electron chi connectivity index (χ2n) is 11.0. The molecule has 0 saturated carbocycles. The highest BCUT2D eigenvalue weighted by Crippen LogP contribution is 2.43. The lowest BCUT2D eigenvalue weighted by atomic mass is 9.88. The second-order valence-corrected chi connectivity index (χ2v) is 11.0. The van der Waals surface area contributed by atoms with Crippen molar-refractivity contribution in [2.75, 3.05) is 45.7 Å². The highest BCUT2D eigenvalue weighted by atomic mass is 19.4. The molecule has 1 fully saturated rings. The van der Waals surface area contributed by atoms with Crippen molar-refractivity contribution < 1.29 is 32.5 Å². The number of ether oxygens (including phenoxy) is 2. The molecule has 1 amide bonds. The molecular formula is C30H42F3N5O4. The number of amides is 1. The first-order chi connectivity index (χ1) is 19.8. The zero-order chi connectivity index (χ0) is 31.2. The van der Waals surface area contributed by atoms with Gasteiger partial charge in [0, 0.05) is 48.8 Å². The molecule has 2 atom stereocenters. The van der Waals surface area contributed by atoms with Gasteiger partial charge in [-0.05, 0) is 59.2 Å². The van der Waals surface area contributed by atoms with E-state index in [4.69, 9.17) is 14.5 Å². The molecule has 12 heteroatoms. The Balaban J connectivity index is 2.04. The van der Waals surface area contributed by atoms with E-state index in [0.29, 0.717) is 48.8 Å². The summed E-state index contributed by atoms with van der Waals surface area (Å²) in [5.74, 6) is -0.467. The van der Waals surface area contributed by atoms with Gasteiger partial charge in [0.05, 0.1) is 24.5 Å². The van der Waals surface area contributed by atoms with Crippen molar-refractivity contribution in [3.8, 4) is 0 Å². The minimum Gasteiger partial charge on any atom is -0.495 e. The van der Waals surface area contributed by atoms with Gasteiger partial charge in [-0.2, -0.15) is 13.2 Å². The Morgan fingerprint density at radius 2 is 1.88 bits per heavy atom. The molecule has 1 saturated heterocycles. The fourth-order valence-corrected chi connectivity index (χ4v) is 5.27. The number of piperidine rings is 1. The van der Waals surface area contributed by atoms with E-state index in [1.165, 1.54) is 13.2 Å². The normalized spacial score (nSPS) is 18.5. The highest BCUT2D eigenvalue weighted by molar-refractivity contribution is 5.81. The molecule has 2 unspecified atom stereocenters. The fraction of sp³-hybridized carbons (Fsp3) is 0.567. The number of alkyl halides is 3. The smallest absolute Gasteiger partial charge is 0.413 e. The number of halogens is 3. The van der Waals surface area contributed by atoms with Crippen LogP contribution in [0.3, 0.4) is 0 Å². The molecule has 3 N–H and O–H groups in total. The first kappa shape index (κ1) is 33.1. The van der Waals surface area contributed by atoms with Crippen molar-refractivity contribution in [2.45, 2.75) is 71.2 Å².